The molecule has 0 saturated carbocycles. The molecule has 0 unspecified atom stereocenters. The summed E-state index contributed by atoms with van der Waals surface area (Å²) in [5, 5.41) is 0. The number of carbonyl (C=O) groups excluding carboxylic acids is 2. The van der Waals surface area contributed by atoms with Crippen LogP contribution < -0.4 is 0 Å². The first kappa shape index (κ1) is 14.5. The molecule has 0 spiro atoms. The summed E-state index contributed by atoms with van der Waals surface area (Å²) in [5.74, 6) is 0.156. The Morgan fingerprint density at radius 2 is 1.79 bits per heavy atom. The zero-order valence-electron chi connectivity index (χ0n) is 10.9. The van der Waals surface area contributed by atoms with Crippen LogP contribution in [0.15, 0.2) is 24.3 Å². The van der Waals surface area contributed by atoms with Gasteiger partial charge >= 0.3 is 0 Å². The number of Topliss-reactive ketones (excluding diaryl/α,β-unsaturated/α-hetero) is 1. The summed E-state index contributed by atoms with van der Waals surface area (Å²) in [6.07, 6.45) is 4.82. The van der Waals surface area contributed by atoms with Gasteiger partial charge in [0.1, 0.15) is 0 Å². The van der Waals surface area contributed by atoms with Crippen molar-refractivity contribution < 1.29 is 9.59 Å². The number of rotatable bonds is 3. The monoisotopic (exact) mass is 371 g/mol. The molecule has 1 aliphatic heterocycles. The fourth-order valence-electron chi connectivity index (χ4n) is 2.28. The number of ketones is 1. The molecule has 0 aliphatic carbocycles. The summed E-state index contributed by atoms with van der Waals surface area (Å²) in [7, 11) is 0. The summed E-state index contributed by atoms with van der Waals surface area (Å²) in [6, 6.07) is 7.50. The Labute approximate surface area is 127 Å². The highest BCUT2D eigenvalue weighted by molar-refractivity contribution is 14.1. The van der Waals surface area contributed by atoms with E-state index in [2.05, 4.69) is 22.6 Å². The first-order valence-corrected chi connectivity index (χ1v) is 7.81. The Kier molecular flexibility index (Phi) is 5.36. The molecule has 1 fully saturated rings. The molecule has 1 heterocycles. The van der Waals surface area contributed by atoms with Crippen molar-refractivity contribution in [1.29, 1.82) is 0 Å². The first-order valence-electron chi connectivity index (χ1n) is 6.73. The van der Waals surface area contributed by atoms with Gasteiger partial charge in [0, 0.05) is 22.1 Å². The smallest absolute Gasteiger partial charge is 0.222 e. The van der Waals surface area contributed by atoms with E-state index < -0.39 is 0 Å². The molecule has 102 valence electrons. The predicted molar refractivity (Wildman–Crippen MR) is 83.2 cm³/mol. The molecule has 0 atom stereocenters. The van der Waals surface area contributed by atoms with E-state index in [-0.39, 0.29) is 18.2 Å². The van der Waals surface area contributed by atoms with E-state index in [9.17, 15) is 9.59 Å². The van der Waals surface area contributed by atoms with Crippen molar-refractivity contribution in [2.75, 3.05) is 13.1 Å². The van der Waals surface area contributed by atoms with Crippen molar-refractivity contribution in [2.45, 2.75) is 32.1 Å². The molecule has 1 saturated heterocycles. The number of carbonyl (C=O) groups is 2. The fraction of sp³-hybridized carbons (Fsp3) is 0.467. The van der Waals surface area contributed by atoms with Gasteiger partial charge in [-0.05, 0) is 47.6 Å². The lowest BCUT2D eigenvalue weighted by Crippen LogP contribution is -2.37. The number of benzene rings is 1. The third-order valence-corrected chi connectivity index (χ3v) is 4.14. The van der Waals surface area contributed by atoms with Crippen LogP contribution in [-0.2, 0) is 4.79 Å². The van der Waals surface area contributed by atoms with Gasteiger partial charge in [-0.15, -0.1) is 0 Å². The lowest BCUT2D eigenvalue weighted by Gasteiger charge is -2.24. The van der Waals surface area contributed by atoms with Gasteiger partial charge in [0.2, 0.25) is 5.91 Å². The van der Waals surface area contributed by atoms with Crippen molar-refractivity contribution in [3.63, 3.8) is 0 Å². The van der Waals surface area contributed by atoms with Crippen molar-refractivity contribution in [2.24, 2.45) is 0 Å². The van der Waals surface area contributed by atoms with E-state index in [4.69, 9.17) is 0 Å². The van der Waals surface area contributed by atoms with Gasteiger partial charge in [-0.25, -0.2) is 0 Å². The highest BCUT2D eigenvalue weighted by atomic mass is 127. The van der Waals surface area contributed by atoms with Crippen molar-refractivity contribution in [3.05, 3.63) is 33.4 Å². The number of nitrogens with zero attached hydrogens (tertiary/aromatic N) is 1. The lowest BCUT2D eigenvalue weighted by molar-refractivity contribution is -0.131. The maximum atomic E-state index is 12.2. The van der Waals surface area contributed by atoms with Crippen LogP contribution in [0.1, 0.15) is 42.5 Å². The molecule has 0 aromatic heterocycles. The second kappa shape index (κ2) is 7.03. The zero-order valence-corrected chi connectivity index (χ0v) is 13.1. The molecule has 1 aromatic rings. The van der Waals surface area contributed by atoms with Gasteiger partial charge < -0.3 is 4.90 Å². The highest BCUT2D eigenvalue weighted by Gasteiger charge is 2.19. The van der Waals surface area contributed by atoms with Gasteiger partial charge in [0.05, 0.1) is 6.54 Å². The van der Waals surface area contributed by atoms with Gasteiger partial charge in [-0.1, -0.05) is 25.0 Å². The van der Waals surface area contributed by atoms with Crippen LogP contribution in [0.2, 0.25) is 0 Å². The maximum absolute atomic E-state index is 12.2. The molecule has 4 heteroatoms. The second-order valence-corrected chi connectivity index (χ2v) is 6.16. The summed E-state index contributed by atoms with van der Waals surface area (Å²) in [4.78, 5) is 25.9. The molecule has 1 aliphatic rings. The number of halogens is 1. The van der Waals surface area contributed by atoms with Crippen LogP contribution in [0.25, 0.3) is 0 Å². The molecule has 1 amide bonds. The standard InChI is InChI=1S/C15H18INO2/c16-13-8-6-12(7-9-13)14(18)11-17-10-4-2-1-3-5-15(17)19/h6-9H,1-5,10-11H2. The number of likely N-dealkylation sites (tertiary alicyclic amines) is 1. The maximum Gasteiger partial charge on any atom is 0.222 e. The van der Waals surface area contributed by atoms with Gasteiger partial charge in [0.15, 0.2) is 5.78 Å². The van der Waals surface area contributed by atoms with E-state index in [1.807, 2.05) is 24.3 Å². The van der Waals surface area contributed by atoms with Crippen LogP contribution in [0.5, 0.6) is 0 Å². The fourth-order valence-corrected chi connectivity index (χ4v) is 2.64. The van der Waals surface area contributed by atoms with Crippen LogP contribution in [0.4, 0.5) is 0 Å². The third-order valence-electron chi connectivity index (χ3n) is 3.42. The SMILES string of the molecule is O=C(CN1CCCCCCC1=O)c1ccc(I)cc1. The van der Waals surface area contributed by atoms with Crippen molar-refractivity contribution in [1.82, 2.24) is 4.90 Å². The summed E-state index contributed by atoms with van der Waals surface area (Å²) in [6.45, 7) is 0.939. The van der Waals surface area contributed by atoms with E-state index in [0.29, 0.717) is 12.0 Å². The quantitative estimate of drug-likeness (QED) is 0.604. The van der Waals surface area contributed by atoms with E-state index in [0.717, 1.165) is 35.8 Å². The second-order valence-electron chi connectivity index (χ2n) is 4.91. The van der Waals surface area contributed by atoms with Crippen molar-refractivity contribution >= 4 is 34.3 Å². The van der Waals surface area contributed by atoms with Gasteiger partial charge in [-0.2, -0.15) is 0 Å². The minimum absolute atomic E-state index is 0.0327. The molecule has 0 bridgehead atoms. The Hall–Kier alpha value is -0.910. The summed E-state index contributed by atoms with van der Waals surface area (Å²) >= 11 is 2.21. The van der Waals surface area contributed by atoms with Crippen LogP contribution in [-0.4, -0.2) is 29.7 Å². The molecular weight excluding hydrogens is 353 g/mol. The van der Waals surface area contributed by atoms with Gasteiger partial charge in [-0.3, -0.25) is 9.59 Å². The number of amides is 1. The molecule has 19 heavy (non-hydrogen) atoms. The van der Waals surface area contributed by atoms with Crippen LogP contribution >= 0.6 is 22.6 Å². The molecule has 3 nitrogen and oxygen atoms in total. The largest absolute Gasteiger partial charge is 0.335 e. The van der Waals surface area contributed by atoms with E-state index >= 15 is 0 Å². The number of hydrogen-bond donors (Lipinski definition) is 0. The topological polar surface area (TPSA) is 37.4 Å². The average Bonchev–Trinajstić information content (AvgIpc) is 2.39. The van der Waals surface area contributed by atoms with Crippen molar-refractivity contribution in [3.8, 4) is 0 Å². The predicted octanol–water partition coefficient (Wildman–Crippen LogP) is 3.27. The minimum atomic E-state index is 0.0327. The normalized spacial score (nSPS) is 16.9. The molecule has 2 rings (SSSR count). The molecule has 0 radical (unpaired) electrons. The lowest BCUT2D eigenvalue weighted by atomic mass is 10.1. The summed E-state index contributed by atoms with van der Waals surface area (Å²) < 4.78 is 1.11. The van der Waals surface area contributed by atoms with E-state index in [1.54, 1.807) is 4.90 Å². The Bertz CT molecular complexity index is 456. The molecular formula is C15H18INO2. The highest BCUT2D eigenvalue weighted by Crippen LogP contribution is 2.13. The zero-order chi connectivity index (χ0) is 13.7. The Morgan fingerprint density at radius 1 is 1.11 bits per heavy atom. The van der Waals surface area contributed by atoms with E-state index in [1.165, 1.54) is 0 Å². The minimum Gasteiger partial charge on any atom is -0.335 e. The third kappa shape index (κ3) is 4.30. The Morgan fingerprint density at radius 3 is 2.53 bits per heavy atom. The molecule has 0 N–H and O–H groups in total. The average molecular weight is 371 g/mol. The molecule has 1 aromatic carbocycles. The first-order chi connectivity index (χ1) is 9.16. The van der Waals surface area contributed by atoms with Crippen LogP contribution in [0.3, 0.4) is 0 Å². The van der Waals surface area contributed by atoms with Crippen LogP contribution in [0, 0.1) is 3.57 Å². The van der Waals surface area contributed by atoms with Gasteiger partial charge in [0.25, 0.3) is 0 Å². The number of hydrogen-bond acceptors (Lipinski definition) is 2. The Balaban J connectivity index is 2.00. The summed E-state index contributed by atoms with van der Waals surface area (Å²) in [5.41, 5.74) is 0.690.